The van der Waals surface area contributed by atoms with Crippen LogP contribution in [0.25, 0.3) is 0 Å². The molecule has 1 aromatic heterocycles. The van der Waals surface area contributed by atoms with Crippen molar-refractivity contribution < 1.29 is 32.2 Å². The topological polar surface area (TPSA) is 80.8 Å². The number of methoxy groups -OCH3 is 1. The molecule has 2 saturated carbocycles. The number of hydrogen-bond donors (Lipinski definition) is 1. The molecule has 10 heteroatoms. The molecule has 176 valence electrons. The number of amides is 1. The normalized spacial score (nSPS) is 30.0. The summed E-state index contributed by atoms with van der Waals surface area (Å²) in [6.45, 7) is 0.901. The zero-order chi connectivity index (χ0) is 22.9. The number of aromatic nitrogens is 1. The molecule has 32 heavy (non-hydrogen) atoms. The van der Waals surface area contributed by atoms with Crippen LogP contribution in [0.4, 0.5) is 23.8 Å². The maximum absolute atomic E-state index is 12.8. The van der Waals surface area contributed by atoms with Crippen LogP contribution in [-0.4, -0.2) is 54.3 Å². The van der Waals surface area contributed by atoms with Crippen molar-refractivity contribution in [3.63, 3.8) is 0 Å². The van der Waals surface area contributed by atoms with E-state index >= 15 is 0 Å². The monoisotopic (exact) mass is 455 g/mol. The Balaban J connectivity index is 1.30. The molecule has 2 unspecified atom stereocenters. The first-order valence-electron chi connectivity index (χ1n) is 11.1. The maximum Gasteiger partial charge on any atom is 0.417 e. The second-order valence-electron chi connectivity index (χ2n) is 9.00. The molecule has 7 nitrogen and oxygen atoms in total. The summed E-state index contributed by atoms with van der Waals surface area (Å²) in [4.78, 5) is 30.3. The second-order valence-corrected chi connectivity index (χ2v) is 9.00. The minimum atomic E-state index is -4.42. The fraction of sp³-hybridized carbons (Fsp3) is 0.682. The van der Waals surface area contributed by atoms with Crippen molar-refractivity contribution in [1.82, 2.24) is 9.88 Å². The van der Waals surface area contributed by atoms with E-state index in [1.54, 1.807) is 4.90 Å². The van der Waals surface area contributed by atoms with Gasteiger partial charge in [-0.2, -0.15) is 13.2 Å². The van der Waals surface area contributed by atoms with Gasteiger partial charge < -0.3 is 19.7 Å². The third-order valence-electron chi connectivity index (χ3n) is 6.91. The number of hydrogen-bond acceptors (Lipinski definition) is 6. The highest BCUT2D eigenvalue weighted by atomic mass is 19.4. The van der Waals surface area contributed by atoms with Gasteiger partial charge in [0.25, 0.3) is 0 Å². The second kappa shape index (κ2) is 9.15. The van der Waals surface area contributed by atoms with Gasteiger partial charge in [-0.15, -0.1) is 0 Å². The fourth-order valence-electron chi connectivity index (χ4n) is 5.33. The van der Waals surface area contributed by atoms with Crippen LogP contribution in [0.15, 0.2) is 18.3 Å². The van der Waals surface area contributed by atoms with Gasteiger partial charge in [0.1, 0.15) is 11.9 Å². The average Bonchev–Trinajstić information content (AvgIpc) is 3.21. The Kier molecular flexibility index (Phi) is 6.48. The van der Waals surface area contributed by atoms with Crippen LogP contribution in [0, 0.1) is 17.8 Å². The number of fused-ring (bicyclic) bond motifs is 2. The number of ether oxygens (including phenoxy) is 2. The van der Waals surface area contributed by atoms with Gasteiger partial charge in [0, 0.05) is 25.3 Å². The fourth-order valence-corrected chi connectivity index (χ4v) is 5.33. The zero-order valence-electron chi connectivity index (χ0n) is 17.9. The predicted octanol–water partition coefficient (Wildman–Crippen LogP) is 4.09. The number of alkyl halides is 3. The molecule has 3 aliphatic rings. The van der Waals surface area contributed by atoms with Crippen LogP contribution < -0.4 is 5.32 Å². The molecule has 0 spiro atoms. The smallest absolute Gasteiger partial charge is 0.417 e. The SMILES string of the molecule is COC(=O)C1CC2CCCC(C1)C2OC(=O)N1CC[C@@H](Nc2ccc(C(F)(F)F)cn2)C1. The highest BCUT2D eigenvalue weighted by Gasteiger charge is 2.45. The lowest BCUT2D eigenvalue weighted by molar-refractivity contribution is -0.151. The minimum Gasteiger partial charge on any atom is -0.469 e. The molecule has 1 N–H and O–H groups in total. The Labute approximate surface area is 184 Å². The number of halogens is 3. The van der Waals surface area contributed by atoms with Gasteiger partial charge in [0.2, 0.25) is 0 Å². The molecule has 2 bridgehead atoms. The van der Waals surface area contributed by atoms with E-state index in [2.05, 4.69) is 10.3 Å². The lowest BCUT2D eigenvalue weighted by Gasteiger charge is -2.44. The van der Waals surface area contributed by atoms with Crippen LogP contribution in [0.2, 0.25) is 0 Å². The van der Waals surface area contributed by atoms with Crippen molar-refractivity contribution in [2.45, 2.75) is 56.8 Å². The Morgan fingerprint density at radius 1 is 1.16 bits per heavy atom. The van der Waals surface area contributed by atoms with Crippen LogP contribution >= 0.6 is 0 Å². The number of esters is 1. The van der Waals surface area contributed by atoms with Crippen LogP contribution in [-0.2, 0) is 20.4 Å². The van der Waals surface area contributed by atoms with Crippen molar-refractivity contribution in [2.75, 3.05) is 25.5 Å². The number of anilines is 1. The van der Waals surface area contributed by atoms with E-state index in [0.717, 1.165) is 31.5 Å². The summed E-state index contributed by atoms with van der Waals surface area (Å²) in [5, 5.41) is 3.09. The van der Waals surface area contributed by atoms with Crippen molar-refractivity contribution in [3.05, 3.63) is 23.9 Å². The molecular weight excluding hydrogens is 427 g/mol. The molecule has 2 aliphatic carbocycles. The highest BCUT2D eigenvalue weighted by molar-refractivity contribution is 5.72. The van der Waals surface area contributed by atoms with Gasteiger partial charge in [0.05, 0.1) is 18.6 Å². The van der Waals surface area contributed by atoms with E-state index in [4.69, 9.17) is 9.47 Å². The third-order valence-corrected chi connectivity index (χ3v) is 6.91. The van der Waals surface area contributed by atoms with Crippen molar-refractivity contribution in [2.24, 2.45) is 17.8 Å². The van der Waals surface area contributed by atoms with Gasteiger partial charge in [0.15, 0.2) is 0 Å². The summed E-state index contributed by atoms with van der Waals surface area (Å²) in [6.07, 6.45) is 0.800. The Morgan fingerprint density at radius 2 is 1.88 bits per heavy atom. The number of carbonyl (C=O) groups is 2. The maximum atomic E-state index is 12.8. The highest BCUT2D eigenvalue weighted by Crippen LogP contribution is 2.45. The standard InChI is InChI=1S/C22H28F3N3O4/c1-31-20(29)15-9-13-3-2-4-14(10-15)19(13)32-21(30)28-8-7-17(12-28)27-18-6-5-16(11-26-18)22(23,24)25/h5-6,11,13-15,17,19H,2-4,7-10,12H2,1H3,(H,26,27)/t13?,14?,15?,17-,19?/m1/s1. The first-order chi connectivity index (χ1) is 15.2. The van der Waals surface area contributed by atoms with Gasteiger partial charge >= 0.3 is 18.2 Å². The molecule has 1 aromatic rings. The van der Waals surface area contributed by atoms with E-state index in [9.17, 15) is 22.8 Å². The average molecular weight is 455 g/mol. The van der Waals surface area contributed by atoms with Crippen molar-refractivity contribution >= 4 is 17.9 Å². The van der Waals surface area contributed by atoms with Gasteiger partial charge in [-0.25, -0.2) is 9.78 Å². The number of pyridine rings is 1. The Bertz CT molecular complexity index is 819. The van der Waals surface area contributed by atoms with Gasteiger partial charge in [-0.05, 0) is 56.1 Å². The molecule has 1 aliphatic heterocycles. The number of nitrogens with zero attached hydrogens (tertiary/aromatic N) is 2. The Hall–Kier alpha value is -2.52. The molecule has 3 fully saturated rings. The molecule has 2 heterocycles. The first kappa shape index (κ1) is 22.7. The largest absolute Gasteiger partial charge is 0.469 e. The number of rotatable bonds is 4. The molecule has 3 atom stereocenters. The molecule has 1 saturated heterocycles. The third kappa shape index (κ3) is 4.94. The number of nitrogens with one attached hydrogen (secondary N) is 1. The lowest BCUT2D eigenvalue weighted by atomic mass is 9.66. The summed E-state index contributed by atoms with van der Waals surface area (Å²) in [5.74, 6) is 0.375. The Morgan fingerprint density at radius 3 is 2.47 bits per heavy atom. The van der Waals surface area contributed by atoms with Crippen molar-refractivity contribution in [3.8, 4) is 0 Å². The molecule has 0 radical (unpaired) electrons. The summed E-state index contributed by atoms with van der Waals surface area (Å²) in [7, 11) is 1.41. The van der Waals surface area contributed by atoms with Crippen LogP contribution in [0.1, 0.15) is 44.1 Å². The zero-order valence-corrected chi connectivity index (χ0v) is 17.9. The van der Waals surface area contributed by atoms with E-state index in [1.165, 1.54) is 13.2 Å². The summed E-state index contributed by atoms with van der Waals surface area (Å²) in [6, 6.07) is 2.17. The summed E-state index contributed by atoms with van der Waals surface area (Å²) < 4.78 is 48.9. The lowest BCUT2D eigenvalue weighted by Crippen LogP contribution is -2.47. The van der Waals surface area contributed by atoms with Gasteiger partial charge in [-0.1, -0.05) is 6.42 Å². The number of carbonyl (C=O) groups excluding carboxylic acids is 2. The molecule has 0 aromatic carbocycles. The van der Waals surface area contributed by atoms with E-state index < -0.39 is 11.7 Å². The van der Waals surface area contributed by atoms with Crippen LogP contribution in [0.3, 0.4) is 0 Å². The minimum absolute atomic E-state index is 0.110. The predicted molar refractivity (Wildman–Crippen MR) is 109 cm³/mol. The van der Waals surface area contributed by atoms with E-state index in [0.29, 0.717) is 38.2 Å². The number of likely N-dealkylation sites (tertiary alicyclic amines) is 1. The van der Waals surface area contributed by atoms with E-state index in [1.807, 2.05) is 0 Å². The summed E-state index contributed by atoms with van der Waals surface area (Å²) in [5.41, 5.74) is -0.799. The first-order valence-corrected chi connectivity index (χ1v) is 11.1. The van der Waals surface area contributed by atoms with Crippen LogP contribution in [0.5, 0.6) is 0 Å². The summed E-state index contributed by atoms with van der Waals surface area (Å²) >= 11 is 0. The van der Waals surface area contributed by atoms with Crippen molar-refractivity contribution in [1.29, 1.82) is 0 Å². The molecule has 1 amide bonds. The van der Waals surface area contributed by atoms with Gasteiger partial charge in [-0.3, -0.25) is 4.79 Å². The molecule has 4 rings (SSSR count). The molecular formula is C22H28F3N3O4. The van der Waals surface area contributed by atoms with E-state index in [-0.39, 0.29) is 42.0 Å². The quantitative estimate of drug-likeness (QED) is 0.689.